The van der Waals surface area contributed by atoms with E-state index in [0.29, 0.717) is 24.4 Å². The maximum absolute atomic E-state index is 12.5. The summed E-state index contributed by atoms with van der Waals surface area (Å²) in [6.45, 7) is 0.700. The number of piperidine rings is 1. The number of aliphatic carboxylic acids is 1. The highest BCUT2D eigenvalue weighted by Gasteiger charge is 2.43. The number of likely N-dealkylation sites (tertiary alicyclic amines) is 1. The summed E-state index contributed by atoms with van der Waals surface area (Å²) in [5, 5.41) is 12.2. The van der Waals surface area contributed by atoms with E-state index in [4.69, 9.17) is 5.11 Å². The third-order valence-corrected chi connectivity index (χ3v) is 4.85. The van der Waals surface area contributed by atoms with E-state index in [-0.39, 0.29) is 18.5 Å². The van der Waals surface area contributed by atoms with Gasteiger partial charge < -0.3 is 15.3 Å². The molecule has 3 rings (SSSR count). The molecule has 2 aliphatic carbocycles. The van der Waals surface area contributed by atoms with Gasteiger partial charge in [0, 0.05) is 18.6 Å². The van der Waals surface area contributed by atoms with E-state index < -0.39 is 5.97 Å². The van der Waals surface area contributed by atoms with Gasteiger partial charge in [-0.15, -0.1) is 0 Å². The first-order chi connectivity index (χ1) is 9.65. The standard InChI is InChI=1S/C15H24N2O3/c18-13(19)9-12-3-1-2-8-17(12)15(20)16-14(10-4-5-10)11-6-7-11/h10-12,14H,1-9H2,(H,16,20)(H,18,19). The predicted molar refractivity (Wildman–Crippen MR) is 74.4 cm³/mol. The first kappa shape index (κ1) is 13.7. The van der Waals surface area contributed by atoms with Gasteiger partial charge in [0.2, 0.25) is 0 Å². The van der Waals surface area contributed by atoms with Gasteiger partial charge in [0.15, 0.2) is 0 Å². The number of hydrogen-bond donors (Lipinski definition) is 2. The minimum Gasteiger partial charge on any atom is -0.481 e. The number of carbonyl (C=O) groups excluding carboxylic acids is 1. The zero-order valence-electron chi connectivity index (χ0n) is 11.9. The molecule has 5 heteroatoms. The Kier molecular flexibility index (Phi) is 3.85. The van der Waals surface area contributed by atoms with Crippen LogP contribution in [0.3, 0.4) is 0 Å². The lowest BCUT2D eigenvalue weighted by Gasteiger charge is -2.36. The Morgan fingerprint density at radius 2 is 1.75 bits per heavy atom. The second kappa shape index (κ2) is 5.62. The molecule has 2 amide bonds. The molecule has 1 unspecified atom stereocenters. The van der Waals surface area contributed by atoms with Crippen molar-refractivity contribution in [2.24, 2.45) is 11.8 Å². The van der Waals surface area contributed by atoms with E-state index in [1.807, 2.05) is 0 Å². The van der Waals surface area contributed by atoms with Gasteiger partial charge in [0.05, 0.1) is 6.42 Å². The Labute approximate surface area is 119 Å². The lowest BCUT2D eigenvalue weighted by Crippen LogP contribution is -2.52. The van der Waals surface area contributed by atoms with Crippen molar-refractivity contribution in [3.63, 3.8) is 0 Å². The Hall–Kier alpha value is -1.26. The molecule has 1 heterocycles. The largest absolute Gasteiger partial charge is 0.481 e. The quantitative estimate of drug-likeness (QED) is 0.811. The summed E-state index contributed by atoms with van der Waals surface area (Å²) in [5.74, 6) is 0.541. The number of hydrogen-bond acceptors (Lipinski definition) is 2. The van der Waals surface area contributed by atoms with Gasteiger partial charge in [0.1, 0.15) is 0 Å². The Bertz CT molecular complexity index is 379. The molecule has 1 saturated heterocycles. The fourth-order valence-electron chi connectivity index (χ4n) is 3.44. The van der Waals surface area contributed by atoms with Crippen LogP contribution >= 0.6 is 0 Å². The monoisotopic (exact) mass is 280 g/mol. The second-order valence-corrected chi connectivity index (χ2v) is 6.59. The van der Waals surface area contributed by atoms with Crippen molar-refractivity contribution in [1.82, 2.24) is 10.2 Å². The van der Waals surface area contributed by atoms with Crippen molar-refractivity contribution in [2.45, 2.75) is 63.5 Å². The summed E-state index contributed by atoms with van der Waals surface area (Å²) in [4.78, 5) is 25.2. The molecule has 0 spiro atoms. The van der Waals surface area contributed by atoms with E-state index in [2.05, 4.69) is 5.32 Å². The van der Waals surface area contributed by atoms with Crippen LogP contribution in [0.2, 0.25) is 0 Å². The van der Waals surface area contributed by atoms with E-state index in [1.165, 1.54) is 25.7 Å². The molecular formula is C15H24N2O3. The van der Waals surface area contributed by atoms with E-state index in [1.54, 1.807) is 4.90 Å². The molecule has 2 N–H and O–H groups in total. The lowest BCUT2D eigenvalue weighted by molar-refractivity contribution is -0.138. The second-order valence-electron chi connectivity index (χ2n) is 6.59. The molecule has 2 saturated carbocycles. The highest BCUT2D eigenvalue weighted by atomic mass is 16.4. The van der Waals surface area contributed by atoms with Crippen molar-refractivity contribution < 1.29 is 14.7 Å². The van der Waals surface area contributed by atoms with Gasteiger partial charge in [-0.1, -0.05) is 0 Å². The van der Waals surface area contributed by atoms with E-state index in [0.717, 1.165) is 19.3 Å². The summed E-state index contributed by atoms with van der Waals surface area (Å²) < 4.78 is 0. The molecule has 0 aromatic heterocycles. The lowest BCUT2D eigenvalue weighted by atomic mass is 9.99. The van der Waals surface area contributed by atoms with Gasteiger partial charge in [-0.3, -0.25) is 4.79 Å². The zero-order valence-corrected chi connectivity index (χ0v) is 11.9. The van der Waals surface area contributed by atoms with Gasteiger partial charge in [0.25, 0.3) is 0 Å². The molecule has 1 atom stereocenters. The average molecular weight is 280 g/mol. The van der Waals surface area contributed by atoms with Gasteiger partial charge >= 0.3 is 12.0 Å². The van der Waals surface area contributed by atoms with Crippen LogP contribution in [0.5, 0.6) is 0 Å². The normalized spacial score (nSPS) is 26.6. The summed E-state index contributed by atoms with van der Waals surface area (Å²) in [5.41, 5.74) is 0. The topological polar surface area (TPSA) is 69.6 Å². The van der Waals surface area contributed by atoms with Crippen LogP contribution in [-0.4, -0.2) is 40.6 Å². The molecule has 3 aliphatic rings. The van der Waals surface area contributed by atoms with Crippen molar-refractivity contribution >= 4 is 12.0 Å². The number of carboxylic acids is 1. The molecule has 3 fully saturated rings. The van der Waals surface area contributed by atoms with E-state index in [9.17, 15) is 9.59 Å². The van der Waals surface area contributed by atoms with Crippen molar-refractivity contribution in [3.05, 3.63) is 0 Å². The van der Waals surface area contributed by atoms with Gasteiger partial charge in [-0.2, -0.15) is 0 Å². The number of rotatable bonds is 5. The van der Waals surface area contributed by atoms with Gasteiger partial charge in [-0.05, 0) is 56.8 Å². The Morgan fingerprint density at radius 3 is 2.30 bits per heavy atom. The molecule has 0 aromatic carbocycles. The molecular weight excluding hydrogens is 256 g/mol. The summed E-state index contributed by atoms with van der Waals surface area (Å²) >= 11 is 0. The number of nitrogens with one attached hydrogen (secondary N) is 1. The number of carbonyl (C=O) groups is 2. The molecule has 0 radical (unpaired) electrons. The van der Waals surface area contributed by atoms with Gasteiger partial charge in [-0.25, -0.2) is 4.79 Å². The predicted octanol–water partition coefficient (Wildman–Crippen LogP) is 2.21. The minimum atomic E-state index is -0.810. The van der Waals surface area contributed by atoms with Crippen molar-refractivity contribution in [3.8, 4) is 0 Å². The smallest absolute Gasteiger partial charge is 0.317 e. The molecule has 112 valence electrons. The number of amides is 2. The third-order valence-electron chi connectivity index (χ3n) is 4.85. The van der Waals surface area contributed by atoms with Crippen LogP contribution < -0.4 is 5.32 Å². The fourth-order valence-corrected chi connectivity index (χ4v) is 3.44. The van der Waals surface area contributed by atoms with E-state index >= 15 is 0 Å². The maximum atomic E-state index is 12.5. The highest BCUT2D eigenvalue weighted by molar-refractivity contribution is 5.76. The maximum Gasteiger partial charge on any atom is 0.317 e. The summed E-state index contributed by atoms with van der Waals surface area (Å²) in [6, 6.07) is 0.190. The first-order valence-corrected chi connectivity index (χ1v) is 7.94. The fraction of sp³-hybridized carbons (Fsp3) is 0.867. The average Bonchev–Trinajstić information content (AvgIpc) is 3.28. The Balaban J connectivity index is 1.59. The molecule has 20 heavy (non-hydrogen) atoms. The van der Waals surface area contributed by atoms with Crippen LogP contribution in [-0.2, 0) is 4.79 Å². The first-order valence-electron chi connectivity index (χ1n) is 7.94. The zero-order chi connectivity index (χ0) is 14.1. The van der Waals surface area contributed by atoms with Crippen LogP contribution in [0.25, 0.3) is 0 Å². The summed E-state index contributed by atoms with van der Waals surface area (Å²) in [7, 11) is 0. The Morgan fingerprint density at radius 1 is 1.10 bits per heavy atom. The molecule has 1 aliphatic heterocycles. The number of nitrogens with zero attached hydrogens (tertiary/aromatic N) is 1. The number of urea groups is 1. The minimum absolute atomic E-state index is 0.0280. The number of carboxylic acid groups (broad SMARTS) is 1. The molecule has 0 aromatic rings. The summed E-state index contributed by atoms with van der Waals surface area (Å²) in [6.07, 6.45) is 7.85. The van der Waals surface area contributed by atoms with Crippen LogP contribution in [0.1, 0.15) is 51.4 Å². The van der Waals surface area contributed by atoms with Crippen molar-refractivity contribution in [2.75, 3.05) is 6.54 Å². The third kappa shape index (κ3) is 3.25. The van der Waals surface area contributed by atoms with Crippen LogP contribution in [0, 0.1) is 11.8 Å². The van der Waals surface area contributed by atoms with Crippen molar-refractivity contribution in [1.29, 1.82) is 0 Å². The highest BCUT2D eigenvalue weighted by Crippen LogP contribution is 2.44. The SMILES string of the molecule is O=C(O)CC1CCCCN1C(=O)NC(C1CC1)C1CC1. The van der Waals surface area contributed by atoms with Crippen LogP contribution in [0.15, 0.2) is 0 Å². The molecule has 5 nitrogen and oxygen atoms in total. The van der Waals surface area contributed by atoms with Crippen LogP contribution in [0.4, 0.5) is 4.79 Å². The molecule has 0 bridgehead atoms.